The Morgan fingerprint density at radius 1 is 0.277 bits per heavy atom. The van der Waals surface area contributed by atoms with Gasteiger partial charge in [-0.05, 0) is 103 Å². The van der Waals surface area contributed by atoms with E-state index in [1.807, 2.05) is 0 Å². The average molecular weight is 600 g/mol. The minimum absolute atomic E-state index is 1.12. The van der Waals surface area contributed by atoms with Crippen LogP contribution in [0.1, 0.15) is 11.1 Å². The molecule has 1 heteroatoms. The summed E-state index contributed by atoms with van der Waals surface area (Å²) in [4.78, 5) is 2.34. The van der Waals surface area contributed by atoms with E-state index in [1.165, 1.54) is 54.9 Å². The Labute approximate surface area is 276 Å². The second-order valence-corrected chi connectivity index (χ2v) is 11.9. The van der Waals surface area contributed by atoms with Crippen molar-refractivity contribution >= 4 is 50.8 Å². The Morgan fingerprint density at radius 3 is 1.21 bits per heavy atom. The van der Waals surface area contributed by atoms with Crippen molar-refractivity contribution in [2.75, 3.05) is 4.90 Å². The van der Waals surface area contributed by atoms with Crippen LogP contribution in [0, 0.1) is 0 Å². The number of hydrogen-bond donors (Lipinski definition) is 0. The first-order chi connectivity index (χ1) is 23.3. The van der Waals surface area contributed by atoms with Crippen LogP contribution < -0.4 is 4.90 Å². The molecule has 0 fully saturated rings. The van der Waals surface area contributed by atoms with Gasteiger partial charge in [0.05, 0.1) is 0 Å². The van der Waals surface area contributed by atoms with Crippen molar-refractivity contribution in [1.82, 2.24) is 0 Å². The average Bonchev–Trinajstić information content (AvgIpc) is 3.15. The van der Waals surface area contributed by atoms with E-state index in [4.69, 9.17) is 0 Å². The van der Waals surface area contributed by atoms with Gasteiger partial charge in [0.1, 0.15) is 0 Å². The van der Waals surface area contributed by atoms with Gasteiger partial charge in [0.2, 0.25) is 0 Å². The topological polar surface area (TPSA) is 3.24 Å². The summed E-state index contributed by atoms with van der Waals surface area (Å²) in [6, 6.07) is 67.4. The molecule has 0 radical (unpaired) electrons. The Balaban J connectivity index is 1.13. The predicted octanol–water partition coefficient (Wildman–Crippen LogP) is 13.0. The van der Waals surface area contributed by atoms with Crippen molar-refractivity contribution in [3.8, 4) is 22.3 Å². The van der Waals surface area contributed by atoms with Gasteiger partial charge in [0, 0.05) is 17.1 Å². The predicted molar refractivity (Wildman–Crippen MR) is 202 cm³/mol. The molecular weight excluding hydrogens is 567 g/mol. The van der Waals surface area contributed by atoms with Crippen molar-refractivity contribution in [2.24, 2.45) is 0 Å². The summed E-state index contributed by atoms with van der Waals surface area (Å²) in [5.74, 6) is 0. The third-order valence-electron chi connectivity index (χ3n) is 8.81. The molecule has 0 N–H and O–H groups in total. The van der Waals surface area contributed by atoms with Gasteiger partial charge in [-0.2, -0.15) is 0 Å². The van der Waals surface area contributed by atoms with Gasteiger partial charge in [-0.15, -0.1) is 0 Å². The number of nitrogens with zero attached hydrogens (tertiary/aromatic N) is 1. The first-order valence-electron chi connectivity index (χ1n) is 16.1. The molecule has 0 bridgehead atoms. The van der Waals surface area contributed by atoms with Gasteiger partial charge < -0.3 is 4.90 Å². The monoisotopic (exact) mass is 599 g/mol. The molecule has 0 spiro atoms. The van der Waals surface area contributed by atoms with E-state index in [0.717, 1.165) is 17.1 Å². The van der Waals surface area contributed by atoms with E-state index in [-0.39, 0.29) is 0 Å². The Kier molecular flexibility index (Phi) is 7.63. The molecule has 0 aliphatic carbocycles. The van der Waals surface area contributed by atoms with Crippen molar-refractivity contribution in [1.29, 1.82) is 0 Å². The van der Waals surface area contributed by atoms with Crippen molar-refractivity contribution < 1.29 is 0 Å². The normalized spacial score (nSPS) is 11.3. The second-order valence-electron chi connectivity index (χ2n) is 11.9. The summed E-state index contributed by atoms with van der Waals surface area (Å²) in [5, 5.41) is 4.94. The molecule has 0 aromatic heterocycles. The molecule has 1 nitrogen and oxygen atoms in total. The lowest BCUT2D eigenvalue weighted by Crippen LogP contribution is -2.09. The van der Waals surface area contributed by atoms with Gasteiger partial charge >= 0.3 is 0 Å². The second kappa shape index (κ2) is 12.7. The number of fused-ring (bicyclic) bond motifs is 2. The minimum Gasteiger partial charge on any atom is -0.310 e. The van der Waals surface area contributed by atoms with Gasteiger partial charge in [0.15, 0.2) is 0 Å². The van der Waals surface area contributed by atoms with E-state index < -0.39 is 0 Å². The lowest BCUT2D eigenvalue weighted by atomic mass is 10.0. The van der Waals surface area contributed by atoms with Crippen molar-refractivity contribution in [3.05, 3.63) is 199 Å². The Bertz CT molecular complexity index is 2230. The largest absolute Gasteiger partial charge is 0.310 e. The molecule has 222 valence electrons. The molecular formula is C46H33N. The highest BCUT2D eigenvalue weighted by Gasteiger charge is 2.14. The number of rotatable bonds is 7. The highest BCUT2D eigenvalue weighted by atomic mass is 15.1. The van der Waals surface area contributed by atoms with E-state index in [2.05, 4.69) is 205 Å². The van der Waals surface area contributed by atoms with E-state index in [1.54, 1.807) is 0 Å². The van der Waals surface area contributed by atoms with E-state index in [9.17, 15) is 0 Å². The zero-order valence-electron chi connectivity index (χ0n) is 26.0. The Hall–Kier alpha value is -6.18. The minimum atomic E-state index is 1.12. The molecule has 8 rings (SSSR count). The molecule has 8 aromatic carbocycles. The summed E-state index contributed by atoms with van der Waals surface area (Å²) in [5.41, 5.74) is 10.6. The molecule has 47 heavy (non-hydrogen) atoms. The SMILES string of the molecule is C(=C\c1ccc2cc(N(c3ccc(-c4ccccc4)cc3)c3ccc(-c4ccccc4)cc3)ccc2c1)/c1ccc2ccccc2c1. The van der Waals surface area contributed by atoms with Crippen LogP contribution in [0.4, 0.5) is 17.1 Å². The third kappa shape index (κ3) is 6.08. The van der Waals surface area contributed by atoms with Crippen LogP contribution in [0.15, 0.2) is 188 Å². The van der Waals surface area contributed by atoms with Crippen LogP contribution in [0.5, 0.6) is 0 Å². The molecule has 0 atom stereocenters. The quantitative estimate of drug-likeness (QED) is 0.165. The fourth-order valence-electron chi connectivity index (χ4n) is 6.31. The van der Waals surface area contributed by atoms with Crippen LogP contribution in [-0.4, -0.2) is 0 Å². The fraction of sp³-hybridized carbons (Fsp3) is 0. The van der Waals surface area contributed by atoms with Gasteiger partial charge in [-0.3, -0.25) is 0 Å². The summed E-state index contributed by atoms with van der Waals surface area (Å²) in [7, 11) is 0. The van der Waals surface area contributed by atoms with Gasteiger partial charge in [-0.1, -0.05) is 152 Å². The van der Waals surface area contributed by atoms with Crippen molar-refractivity contribution in [3.63, 3.8) is 0 Å². The molecule has 0 aliphatic heterocycles. The van der Waals surface area contributed by atoms with Crippen LogP contribution in [0.3, 0.4) is 0 Å². The van der Waals surface area contributed by atoms with Crippen LogP contribution in [0.2, 0.25) is 0 Å². The Morgan fingerprint density at radius 2 is 0.660 bits per heavy atom. The molecule has 0 unspecified atom stereocenters. The highest BCUT2D eigenvalue weighted by Crippen LogP contribution is 2.38. The van der Waals surface area contributed by atoms with E-state index >= 15 is 0 Å². The fourth-order valence-corrected chi connectivity index (χ4v) is 6.31. The zero-order chi connectivity index (χ0) is 31.4. The summed E-state index contributed by atoms with van der Waals surface area (Å²) >= 11 is 0. The van der Waals surface area contributed by atoms with E-state index in [0.29, 0.717) is 0 Å². The standard InChI is InChI=1S/C46H33N/c1-3-9-36(10-4-1)39-21-26-44(27-22-39)47(45-28-23-40(24-29-45)37-11-5-2-6-12-37)46-30-25-42-32-35(18-20-43(42)33-46)16-15-34-17-19-38-13-7-8-14-41(38)31-34/h1-33H/b16-15+. The first kappa shape index (κ1) is 28.3. The molecule has 0 saturated heterocycles. The molecule has 0 amide bonds. The third-order valence-corrected chi connectivity index (χ3v) is 8.81. The molecule has 0 aliphatic rings. The molecule has 0 heterocycles. The maximum atomic E-state index is 2.34. The summed E-state index contributed by atoms with van der Waals surface area (Å²) < 4.78 is 0. The first-order valence-corrected chi connectivity index (χ1v) is 16.1. The maximum absolute atomic E-state index is 2.34. The molecule has 0 saturated carbocycles. The number of benzene rings is 8. The smallest absolute Gasteiger partial charge is 0.0468 e. The highest BCUT2D eigenvalue weighted by molar-refractivity contribution is 5.92. The van der Waals surface area contributed by atoms with Gasteiger partial charge in [-0.25, -0.2) is 0 Å². The summed E-state index contributed by atoms with van der Waals surface area (Å²) in [6.45, 7) is 0. The van der Waals surface area contributed by atoms with Crippen LogP contribution in [-0.2, 0) is 0 Å². The molecule has 8 aromatic rings. The maximum Gasteiger partial charge on any atom is 0.0468 e. The lowest BCUT2D eigenvalue weighted by Gasteiger charge is -2.26. The van der Waals surface area contributed by atoms with Gasteiger partial charge in [0.25, 0.3) is 0 Å². The zero-order valence-corrected chi connectivity index (χ0v) is 26.0. The lowest BCUT2D eigenvalue weighted by molar-refractivity contribution is 1.29. The number of hydrogen-bond acceptors (Lipinski definition) is 1. The van der Waals surface area contributed by atoms with Crippen LogP contribution in [0.25, 0.3) is 56.0 Å². The van der Waals surface area contributed by atoms with Crippen LogP contribution >= 0.6 is 0 Å². The summed E-state index contributed by atoms with van der Waals surface area (Å²) in [6.07, 6.45) is 4.40. The van der Waals surface area contributed by atoms with Crippen molar-refractivity contribution in [2.45, 2.75) is 0 Å². The number of anilines is 3.